The molecule has 0 aliphatic carbocycles. The molecule has 2 heterocycles. The van der Waals surface area contributed by atoms with E-state index in [4.69, 9.17) is 0 Å². The van der Waals surface area contributed by atoms with Crippen LogP contribution >= 0.6 is 0 Å². The Kier molecular flexibility index (Phi) is 4.04. The molecule has 124 valence electrons. The standard InChI is InChI=1S/C16H13F3N4O/c1-10(7-11-8-20-5-6-21-11)23-9-22-13-4-2-3-12(16(17,18)19)14(13)15(23)24/h2-6,8-10H,7H2,1H3. The minimum atomic E-state index is -4.62. The van der Waals surface area contributed by atoms with E-state index in [1.807, 2.05) is 0 Å². The van der Waals surface area contributed by atoms with Gasteiger partial charge in [0.1, 0.15) is 0 Å². The highest BCUT2D eigenvalue weighted by Gasteiger charge is 2.34. The van der Waals surface area contributed by atoms with Crippen LogP contribution in [0.4, 0.5) is 13.2 Å². The Morgan fingerprint density at radius 3 is 2.67 bits per heavy atom. The molecule has 0 saturated carbocycles. The molecule has 24 heavy (non-hydrogen) atoms. The molecule has 0 saturated heterocycles. The summed E-state index contributed by atoms with van der Waals surface area (Å²) in [5.74, 6) is 0. The van der Waals surface area contributed by atoms with E-state index in [1.165, 1.54) is 35.4 Å². The summed E-state index contributed by atoms with van der Waals surface area (Å²) in [5, 5.41) is -0.418. The van der Waals surface area contributed by atoms with Crippen LogP contribution in [-0.2, 0) is 12.6 Å². The van der Waals surface area contributed by atoms with Gasteiger partial charge >= 0.3 is 6.18 Å². The van der Waals surface area contributed by atoms with Gasteiger partial charge in [0.15, 0.2) is 0 Å². The van der Waals surface area contributed by atoms with E-state index in [0.717, 1.165) is 6.07 Å². The number of halogens is 3. The molecule has 0 amide bonds. The summed E-state index contributed by atoms with van der Waals surface area (Å²) in [7, 11) is 0. The van der Waals surface area contributed by atoms with Crippen molar-refractivity contribution in [1.29, 1.82) is 0 Å². The van der Waals surface area contributed by atoms with Crippen LogP contribution in [0.2, 0.25) is 0 Å². The first-order chi connectivity index (χ1) is 11.4. The topological polar surface area (TPSA) is 60.7 Å². The lowest BCUT2D eigenvalue weighted by atomic mass is 10.1. The van der Waals surface area contributed by atoms with Gasteiger partial charge in [0.05, 0.1) is 28.5 Å². The molecule has 8 heteroatoms. The highest BCUT2D eigenvalue weighted by Crippen LogP contribution is 2.32. The van der Waals surface area contributed by atoms with Gasteiger partial charge in [0, 0.05) is 31.1 Å². The molecule has 2 aromatic heterocycles. The van der Waals surface area contributed by atoms with Gasteiger partial charge in [-0.15, -0.1) is 0 Å². The first-order valence-corrected chi connectivity index (χ1v) is 7.20. The molecule has 1 atom stereocenters. The van der Waals surface area contributed by atoms with Gasteiger partial charge in [0.2, 0.25) is 0 Å². The maximum atomic E-state index is 13.2. The van der Waals surface area contributed by atoms with E-state index in [-0.39, 0.29) is 5.52 Å². The van der Waals surface area contributed by atoms with Gasteiger partial charge in [-0.2, -0.15) is 13.2 Å². The third-order valence-electron chi connectivity index (χ3n) is 3.71. The number of benzene rings is 1. The van der Waals surface area contributed by atoms with Crippen molar-refractivity contribution in [3.63, 3.8) is 0 Å². The molecule has 1 unspecified atom stereocenters. The molecule has 1 aromatic carbocycles. The third kappa shape index (κ3) is 2.99. The number of rotatable bonds is 3. The van der Waals surface area contributed by atoms with Gasteiger partial charge in [0.25, 0.3) is 5.56 Å². The number of hydrogen-bond donors (Lipinski definition) is 0. The summed E-state index contributed by atoms with van der Waals surface area (Å²) in [4.78, 5) is 24.7. The van der Waals surface area contributed by atoms with Crippen LogP contribution in [-0.4, -0.2) is 19.5 Å². The molecule has 0 aliphatic rings. The minimum absolute atomic E-state index is 0.0257. The van der Waals surface area contributed by atoms with Gasteiger partial charge in [-0.25, -0.2) is 4.98 Å². The second-order valence-electron chi connectivity index (χ2n) is 5.40. The summed E-state index contributed by atoms with van der Waals surface area (Å²) >= 11 is 0. The normalized spacial score (nSPS) is 13.2. The molecule has 0 bridgehead atoms. The van der Waals surface area contributed by atoms with E-state index in [9.17, 15) is 18.0 Å². The fourth-order valence-electron chi connectivity index (χ4n) is 2.57. The van der Waals surface area contributed by atoms with Crippen molar-refractivity contribution < 1.29 is 13.2 Å². The number of aromatic nitrogens is 4. The predicted octanol–water partition coefficient (Wildman–Crippen LogP) is 3.01. The molecule has 0 fully saturated rings. The lowest BCUT2D eigenvalue weighted by Gasteiger charge is -2.16. The number of nitrogens with zero attached hydrogens (tertiary/aromatic N) is 4. The van der Waals surface area contributed by atoms with Gasteiger partial charge in [-0.3, -0.25) is 19.3 Å². The predicted molar refractivity (Wildman–Crippen MR) is 81.5 cm³/mol. The lowest BCUT2D eigenvalue weighted by molar-refractivity contribution is -0.136. The van der Waals surface area contributed by atoms with Crippen molar-refractivity contribution in [3.8, 4) is 0 Å². The van der Waals surface area contributed by atoms with Crippen molar-refractivity contribution in [3.05, 3.63) is 64.7 Å². The Balaban J connectivity index is 2.10. The SMILES string of the molecule is CC(Cc1cnccn1)n1cnc2cccc(C(F)(F)F)c2c1=O. The van der Waals surface area contributed by atoms with Crippen LogP contribution in [0.5, 0.6) is 0 Å². The lowest BCUT2D eigenvalue weighted by Crippen LogP contribution is -2.27. The highest BCUT2D eigenvalue weighted by molar-refractivity contribution is 5.81. The number of hydrogen-bond acceptors (Lipinski definition) is 4. The molecule has 0 spiro atoms. The Hall–Kier alpha value is -2.77. The monoisotopic (exact) mass is 334 g/mol. The zero-order chi connectivity index (χ0) is 17.3. The zero-order valence-corrected chi connectivity index (χ0v) is 12.7. The van der Waals surface area contributed by atoms with Crippen LogP contribution in [0.25, 0.3) is 10.9 Å². The summed E-state index contributed by atoms with van der Waals surface area (Å²) < 4.78 is 40.8. The second-order valence-corrected chi connectivity index (χ2v) is 5.40. The van der Waals surface area contributed by atoms with E-state index < -0.39 is 28.7 Å². The average Bonchev–Trinajstić information content (AvgIpc) is 2.54. The molecule has 0 N–H and O–H groups in total. The summed E-state index contributed by atoms with van der Waals surface area (Å²) in [5.41, 5.74) is -1.03. The maximum Gasteiger partial charge on any atom is 0.417 e. The minimum Gasteiger partial charge on any atom is -0.295 e. The number of fused-ring (bicyclic) bond motifs is 1. The summed E-state index contributed by atoms with van der Waals surface area (Å²) in [6.07, 6.45) is 1.60. The van der Waals surface area contributed by atoms with Crippen LogP contribution in [0, 0.1) is 0 Å². The number of alkyl halides is 3. The smallest absolute Gasteiger partial charge is 0.295 e. The van der Waals surface area contributed by atoms with Crippen molar-refractivity contribution in [2.75, 3.05) is 0 Å². The van der Waals surface area contributed by atoms with E-state index in [1.54, 1.807) is 13.1 Å². The molecular weight excluding hydrogens is 321 g/mol. The van der Waals surface area contributed by atoms with Gasteiger partial charge in [-0.1, -0.05) is 6.07 Å². The average molecular weight is 334 g/mol. The van der Waals surface area contributed by atoms with Crippen LogP contribution in [0.1, 0.15) is 24.2 Å². The largest absolute Gasteiger partial charge is 0.417 e. The van der Waals surface area contributed by atoms with Crippen molar-refractivity contribution in [2.45, 2.75) is 25.6 Å². The third-order valence-corrected chi connectivity index (χ3v) is 3.71. The molecular formula is C16H13F3N4O. The highest BCUT2D eigenvalue weighted by atomic mass is 19.4. The first kappa shape index (κ1) is 16.1. The first-order valence-electron chi connectivity index (χ1n) is 7.20. The van der Waals surface area contributed by atoms with Gasteiger partial charge in [-0.05, 0) is 19.1 Å². The summed E-state index contributed by atoms with van der Waals surface area (Å²) in [6, 6.07) is 3.12. The van der Waals surface area contributed by atoms with E-state index in [0.29, 0.717) is 12.1 Å². The van der Waals surface area contributed by atoms with E-state index in [2.05, 4.69) is 15.0 Å². The van der Waals surface area contributed by atoms with Crippen molar-refractivity contribution in [1.82, 2.24) is 19.5 Å². The summed E-state index contributed by atoms with van der Waals surface area (Å²) in [6.45, 7) is 1.72. The zero-order valence-electron chi connectivity index (χ0n) is 12.7. The van der Waals surface area contributed by atoms with E-state index >= 15 is 0 Å². The van der Waals surface area contributed by atoms with Crippen LogP contribution < -0.4 is 5.56 Å². The molecule has 5 nitrogen and oxygen atoms in total. The molecule has 0 radical (unpaired) electrons. The molecule has 3 rings (SSSR count). The Labute approximate surface area is 134 Å². The Morgan fingerprint density at radius 2 is 2.00 bits per heavy atom. The maximum absolute atomic E-state index is 13.2. The Bertz CT molecular complexity index is 922. The van der Waals surface area contributed by atoms with Crippen LogP contribution in [0.3, 0.4) is 0 Å². The van der Waals surface area contributed by atoms with Crippen molar-refractivity contribution in [2.24, 2.45) is 0 Å². The molecule has 3 aromatic rings. The quantitative estimate of drug-likeness (QED) is 0.739. The fourth-order valence-corrected chi connectivity index (χ4v) is 2.57. The van der Waals surface area contributed by atoms with Crippen LogP contribution in [0.15, 0.2) is 47.9 Å². The second kappa shape index (κ2) is 6.03. The molecule has 0 aliphatic heterocycles. The Morgan fingerprint density at radius 1 is 1.21 bits per heavy atom. The van der Waals surface area contributed by atoms with Crippen molar-refractivity contribution >= 4 is 10.9 Å². The fraction of sp³-hybridized carbons (Fsp3) is 0.250. The van der Waals surface area contributed by atoms with Gasteiger partial charge < -0.3 is 0 Å².